The van der Waals surface area contributed by atoms with Gasteiger partial charge in [-0.2, -0.15) is 5.10 Å². The monoisotopic (exact) mass is 391 g/mol. The average Bonchev–Trinajstić information content (AvgIpc) is 2.70. The molecule has 0 aromatic carbocycles. The van der Waals surface area contributed by atoms with Crippen LogP contribution in [0.25, 0.3) is 0 Å². The van der Waals surface area contributed by atoms with Gasteiger partial charge in [0, 0.05) is 52.4 Å². The van der Waals surface area contributed by atoms with Crippen LogP contribution in [0.5, 0.6) is 0 Å². The molecule has 0 radical (unpaired) electrons. The number of amides is 1. The molecule has 3 heterocycles. The van der Waals surface area contributed by atoms with Crippen molar-refractivity contribution < 1.29 is 14.3 Å². The van der Waals surface area contributed by atoms with Gasteiger partial charge >= 0.3 is 5.97 Å². The molecular formula is C19H29N5O4. The molecule has 2 fully saturated rings. The number of aromatic nitrogens is 2. The lowest BCUT2D eigenvalue weighted by Crippen LogP contribution is -2.53. The van der Waals surface area contributed by atoms with Gasteiger partial charge in [0.05, 0.1) is 31.0 Å². The number of carbonyl (C=O) groups excluding carboxylic acids is 2. The van der Waals surface area contributed by atoms with Gasteiger partial charge in [-0.3, -0.25) is 19.3 Å². The lowest BCUT2D eigenvalue weighted by atomic mass is 9.96. The number of aryl methyl sites for hydroxylation is 1. The fourth-order valence-electron chi connectivity index (χ4n) is 3.82. The van der Waals surface area contributed by atoms with E-state index in [1.165, 1.54) is 4.68 Å². The summed E-state index contributed by atoms with van der Waals surface area (Å²) in [6.07, 6.45) is 3.45. The summed E-state index contributed by atoms with van der Waals surface area (Å²) in [4.78, 5) is 42.5. The second-order valence-electron chi connectivity index (χ2n) is 7.37. The molecule has 0 aliphatic carbocycles. The van der Waals surface area contributed by atoms with Crippen LogP contribution in [0.2, 0.25) is 0 Å². The topological polar surface area (TPSA) is 88.0 Å². The minimum atomic E-state index is -0.215. The van der Waals surface area contributed by atoms with Crippen molar-refractivity contribution in [1.29, 1.82) is 0 Å². The number of ether oxygens (including phenoxy) is 1. The largest absolute Gasteiger partial charge is 0.465 e. The van der Waals surface area contributed by atoms with Crippen molar-refractivity contribution in [3.05, 3.63) is 22.6 Å². The predicted molar refractivity (Wildman–Crippen MR) is 104 cm³/mol. The van der Waals surface area contributed by atoms with Crippen LogP contribution >= 0.6 is 0 Å². The first-order valence-corrected chi connectivity index (χ1v) is 9.93. The maximum atomic E-state index is 13.0. The number of carbonyl (C=O) groups is 2. The van der Waals surface area contributed by atoms with E-state index < -0.39 is 0 Å². The third-order valence-corrected chi connectivity index (χ3v) is 5.43. The van der Waals surface area contributed by atoms with E-state index in [2.05, 4.69) is 10.00 Å². The van der Waals surface area contributed by atoms with Crippen molar-refractivity contribution in [3.8, 4) is 0 Å². The molecule has 0 saturated carbocycles. The highest BCUT2D eigenvalue weighted by Crippen LogP contribution is 2.23. The molecule has 0 N–H and O–H groups in total. The summed E-state index contributed by atoms with van der Waals surface area (Å²) in [6.45, 7) is 6.51. The van der Waals surface area contributed by atoms with Gasteiger partial charge in [-0.05, 0) is 19.8 Å². The van der Waals surface area contributed by atoms with Gasteiger partial charge in [0.2, 0.25) is 5.91 Å². The van der Waals surface area contributed by atoms with Crippen molar-refractivity contribution in [3.63, 3.8) is 0 Å². The molecule has 1 amide bonds. The molecule has 3 rings (SSSR count). The fourth-order valence-corrected chi connectivity index (χ4v) is 3.82. The van der Waals surface area contributed by atoms with Crippen molar-refractivity contribution in [2.75, 3.05) is 57.3 Å². The molecule has 2 aliphatic heterocycles. The van der Waals surface area contributed by atoms with Crippen LogP contribution in [-0.4, -0.2) is 83.9 Å². The second kappa shape index (κ2) is 9.18. The highest BCUT2D eigenvalue weighted by molar-refractivity contribution is 5.80. The highest BCUT2D eigenvalue weighted by Gasteiger charge is 2.31. The normalized spacial score (nSPS) is 20.9. The minimum absolute atomic E-state index is 0.0746. The Labute approximate surface area is 164 Å². The molecule has 9 nitrogen and oxygen atoms in total. The predicted octanol–water partition coefficient (Wildman–Crippen LogP) is -0.296. The number of nitrogens with zero attached hydrogens (tertiary/aromatic N) is 5. The summed E-state index contributed by atoms with van der Waals surface area (Å²) in [5.74, 6) is -0.125. The third-order valence-electron chi connectivity index (χ3n) is 5.43. The van der Waals surface area contributed by atoms with Crippen molar-refractivity contribution in [1.82, 2.24) is 19.6 Å². The zero-order chi connectivity index (χ0) is 20.1. The standard InChI is InChI=1S/C19H29N5O4/c1-3-28-18(26)14-22-7-9-23(10-8-22)19(27)15-5-4-6-24(13-15)16-11-17(25)21(2)20-12-16/h11-12,15H,3-10,13-14H2,1-2H3/t15-/m0/s1. The number of hydrogen-bond acceptors (Lipinski definition) is 7. The summed E-state index contributed by atoms with van der Waals surface area (Å²) >= 11 is 0. The summed E-state index contributed by atoms with van der Waals surface area (Å²) in [6, 6.07) is 1.58. The Morgan fingerprint density at radius 1 is 1.21 bits per heavy atom. The third kappa shape index (κ3) is 4.89. The maximum Gasteiger partial charge on any atom is 0.320 e. The quantitative estimate of drug-likeness (QED) is 0.637. The van der Waals surface area contributed by atoms with Crippen LogP contribution < -0.4 is 10.5 Å². The van der Waals surface area contributed by atoms with Gasteiger partial charge in [0.15, 0.2) is 0 Å². The van der Waals surface area contributed by atoms with E-state index in [-0.39, 0.29) is 29.9 Å². The molecule has 2 aliphatic rings. The van der Waals surface area contributed by atoms with Crippen LogP contribution in [0, 0.1) is 5.92 Å². The van der Waals surface area contributed by atoms with Crippen LogP contribution in [0.4, 0.5) is 5.69 Å². The van der Waals surface area contributed by atoms with E-state index in [1.54, 1.807) is 26.2 Å². The van der Waals surface area contributed by atoms with E-state index in [0.29, 0.717) is 39.3 Å². The van der Waals surface area contributed by atoms with Gasteiger partial charge in [-0.25, -0.2) is 4.68 Å². The molecule has 1 aromatic heterocycles. The van der Waals surface area contributed by atoms with E-state index in [1.807, 2.05) is 9.80 Å². The second-order valence-corrected chi connectivity index (χ2v) is 7.37. The number of piperazine rings is 1. The first-order valence-electron chi connectivity index (χ1n) is 9.93. The maximum absolute atomic E-state index is 13.0. The lowest BCUT2D eigenvalue weighted by Gasteiger charge is -2.39. The molecule has 0 spiro atoms. The molecule has 28 heavy (non-hydrogen) atoms. The number of piperidine rings is 1. The van der Waals surface area contributed by atoms with Crippen LogP contribution in [0.15, 0.2) is 17.1 Å². The van der Waals surface area contributed by atoms with Crippen LogP contribution in [0.1, 0.15) is 19.8 Å². The van der Waals surface area contributed by atoms with Crippen molar-refractivity contribution in [2.24, 2.45) is 13.0 Å². The Morgan fingerprint density at radius 2 is 1.96 bits per heavy atom. The number of anilines is 1. The fraction of sp³-hybridized carbons (Fsp3) is 0.684. The SMILES string of the molecule is CCOC(=O)CN1CCN(C(=O)[C@H]2CCCN(c3cnn(C)c(=O)c3)C2)CC1. The molecule has 0 unspecified atom stereocenters. The van der Waals surface area contributed by atoms with Crippen molar-refractivity contribution >= 4 is 17.6 Å². The Bertz CT molecular complexity index is 757. The number of esters is 1. The van der Waals surface area contributed by atoms with Crippen LogP contribution in [0.3, 0.4) is 0 Å². The Hall–Kier alpha value is -2.42. The smallest absolute Gasteiger partial charge is 0.320 e. The van der Waals surface area contributed by atoms with E-state index in [4.69, 9.17) is 4.74 Å². The zero-order valence-corrected chi connectivity index (χ0v) is 16.7. The average molecular weight is 391 g/mol. The Kier molecular flexibility index (Phi) is 6.66. The summed E-state index contributed by atoms with van der Waals surface area (Å²) < 4.78 is 6.29. The molecule has 2 saturated heterocycles. The lowest BCUT2D eigenvalue weighted by molar-refractivity contribution is -0.145. The summed E-state index contributed by atoms with van der Waals surface area (Å²) in [5, 5.41) is 4.08. The summed E-state index contributed by atoms with van der Waals surface area (Å²) in [7, 11) is 1.62. The molecule has 1 atom stereocenters. The Balaban J connectivity index is 1.54. The zero-order valence-electron chi connectivity index (χ0n) is 16.7. The van der Waals surface area contributed by atoms with E-state index in [0.717, 1.165) is 25.1 Å². The summed E-state index contributed by atoms with van der Waals surface area (Å²) in [5.41, 5.74) is 0.628. The first kappa shape index (κ1) is 20.3. The molecule has 1 aromatic rings. The molecule has 154 valence electrons. The first-order chi connectivity index (χ1) is 13.5. The van der Waals surface area contributed by atoms with Crippen molar-refractivity contribution in [2.45, 2.75) is 19.8 Å². The van der Waals surface area contributed by atoms with Gasteiger partial charge in [-0.15, -0.1) is 0 Å². The number of hydrogen-bond donors (Lipinski definition) is 0. The molecular weight excluding hydrogens is 362 g/mol. The molecule has 0 bridgehead atoms. The minimum Gasteiger partial charge on any atom is -0.465 e. The van der Waals surface area contributed by atoms with Gasteiger partial charge in [0.1, 0.15) is 0 Å². The van der Waals surface area contributed by atoms with E-state index >= 15 is 0 Å². The van der Waals surface area contributed by atoms with E-state index in [9.17, 15) is 14.4 Å². The van der Waals surface area contributed by atoms with Crippen LogP contribution in [-0.2, 0) is 21.4 Å². The number of rotatable bonds is 5. The molecule has 9 heteroatoms. The Morgan fingerprint density at radius 3 is 2.64 bits per heavy atom. The van der Waals surface area contributed by atoms with Gasteiger partial charge in [-0.1, -0.05) is 0 Å². The van der Waals surface area contributed by atoms with Gasteiger partial charge < -0.3 is 14.5 Å². The highest BCUT2D eigenvalue weighted by atomic mass is 16.5. The van der Waals surface area contributed by atoms with Gasteiger partial charge in [0.25, 0.3) is 5.56 Å².